The second kappa shape index (κ2) is 6.30. The monoisotopic (exact) mass is 297 g/mol. The quantitative estimate of drug-likeness (QED) is 0.870. The maximum absolute atomic E-state index is 13.0. The van der Waals surface area contributed by atoms with Gasteiger partial charge in [0.05, 0.1) is 6.61 Å². The van der Waals surface area contributed by atoms with Crippen LogP contribution in [0.25, 0.3) is 0 Å². The average molecular weight is 297 g/mol. The summed E-state index contributed by atoms with van der Waals surface area (Å²) in [5, 5.41) is 0. The van der Waals surface area contributed by atoms with Crippen molar-refractivity contribution >= 4 is 5.91 Å². The van der Waals surface area contributed by atoms with Gasteiger partial charge in [-0.2, -0.15) is 0 Å². The van der Waals surface area contributed by atoms with Gasteiger partial charge in [0.15, 0.2) is 0 Å². The maximum atomic E-state index is 13.0. The molecule has 1 aliphatic rings. The van der Waals surface area contributed by atoms with Crippen molar-refractivity contribution in [1.82, 2.24) is 4.90 Å². The first-order chi connectivity index (χ1) is 10.8. The van der Waals surface area contributed by atoms with Crippen LogP contribution < -0.4 is 0 Å². The average Bonchev–Trinajstić information content (AvgIpc) is 2.59. The number of hydrogen-bond acceptors (Lipinski definition) is 3. The standard InChI is InChI=1S/C18H19NO3/c1-21-18(16-10-6-3-7-11-16)17(20)19(12-13-22-18)14-15-8-4-2-5-9-15/h2-11H,12-14H2,1H3. The van der Waals surface area contributed by atoms with Gasteiger partial charge in [-0.15, -0.1) is 0 Å². The van der Waals surface area contributed by atoms with E-state index in [1.54, 1.807) is 4.90 Å². The van der Waals surface area contributed by atoms with E-state index >= 15 is 0 Å². The van der Waals surface area contributed by atoms with Gasteiger partial charge in [0.2, 0.25) is 0 Å². The van der Waals surface area contributed by atoms with Crippen LogP contribution in [0.2, 0.25) is 0 Å². The van der Waals surface area contributed by atoms with Crippen molar-refractivity contribution in [2.24, 2.45) is 0 Å². The van der Waals surface area contributed by atoms with E-state index in [0.717, 1.165) is 11.1 Å². The summed E-state index contributed by atoms with van der Waals surface area (Å²) in [5.74, 6) is -1.50. The summed E-state index contributed by atoms with van der Waals surface area (Å²) in [4.78, 5) is 14.7. The maximum Gasteiger partial charge on any atom is 0.288 e. The van der Waals surface area contributed by atoms with Crippen LogP contribution in [0.4, 0.5) is 0 Å². The van der Waals surface area contributed by atoms with Gasteiger partial charge in [0.25, 0.3) is 11.7 Å². The first kappa shape index (κ1) is 14.8. The smallest absolute Gasteiger partial charge is 0.288 e. The van der Waals surface area contributed by atoms with Crippen molar-refractivity contribution in [3.8, 4) is 0 Å². The minimum absolute atomic E-state index is 0.156. The van der Waals surface area contributed by atoms with Crippen LogP contribution in [0.15, 0.2) is 60.7 Å². The Hall–Kier alpha value is -2.17. The first-order valence-electron chi connectivity index (χ1n) is 7.34. The van der Waals surface area contributed by atoms with E-state index in [-0.39, 0.29) is 5.91 Å². The minimum Gasteiger partial charge on any atom is -0.342 e. The van der Waals surface area contributed by atoms with Gasteiger partial charge in [0, 0.05) is 25.8 Å². The van der Waals surface area contributed by atoms with Crippen molar-refractivity contribution in [1.29, 1.82) is 0 Å². The number of morpholine rings is 1. The van der Waals surface area contributed by atoms with Crippen LogP contribution in [0.1, 0.15) is 11.1 Å². The molecule has 4 heteroatoms. The van der Waals surface area contributed by atoms with Gasteiger partial charge in [-0.25, -0.2) is 0 Å². The predicted octanol–water partition coefficient (Wildman–Crippen LogP) is 2.54. The summed E-state index contributed by atoms with van der Waals surface area (Å²) < 4.78 is 11.3. The van der Waals surface area contributed by atoms with Gasteiger partial charge in [0.1, 0.15) is 0 Å². The molecule has 0 bridgehead atoms. The molecule has 0 N–H and O–H groups in total. The first-order valence-corrected chi connectivity index (χ1v) is 7.34. The molecule has 1 saturated heterocycles. The third-order valence-electron chi connectivity index (χ3n) is 3.89. The third-order valence-corrected chi connectivity index (χ3v) is 3.89. The molecule has 4 nitrogen and oxygen atoms in total. The fourth-order valence-corrected chi connectivity index (χ4v) is 2.75. The SMILES string of the molecule is COC1(c2ccccc2)OCCN(Cc2ccccc2)C1=O. The number of hydrogen-bond donors (Lipinski definition) is 0. The van der Waals surface area contributed by atoms with Gasteiger partial charge >= 0.3 is 0 Å². The van der Waals surface area contributed by atoms with Crippen LogP contribution in [0.5, 0.6) is 0 Å². The molecule has 1 fully saturated rings. The Morgan fingerprint density at radius 2 is 1.73 bits per heavy atom. The van der Waals surface area contributed by atoms with Crippen molar-refractivity contribution in [2.45, 2.75) is 12.3 Å². The molecule has 0 aromatic heterocycles. The van der Waals surface area contributed by atoms with Gasteiger partial charge < -0.3 is 14.4 Å². The Labute approximate surface area is 130 Å². The van der Waals surface area contributed by atoms with Gasteiger partial charge in [-0.1, -0.05) is 60.7 Å². The number of nitrogens with zero attached hydrogens (tertiary/aromatic N) is 1. The number of carbonyl (C=O) groups excluding carboxylic acids is 1. The van der Waals surface area contributed by atoms with E-state index in [4.69, 9.17) is 9.47 Å². The second-order valence-electron chi connectivity index (χ2n) is 5.25. The van der Waals surface area contributed by atoms with Crippen molar-refractivity contribution in [3.05, 3.63) is 71.8 Å². The summed E-state index contributed by atoms with van der Waals surface area (Å²) in [6, 6.07) is 19.3. The molecule has 0 spiro atoms. The van der Waals surface area contributed by atoms with Crippen LogP contribution in [0, 0.1) is 0 Å². The molecule has 1 heterocycles. The summed E-state index contributed by atoms with van der Waals surface area (Å²) >= 11 is 0. The summed E-state index contributed by atoms with van der Waals surface area (Å²) in [5.41, 5.74) is 1.82. The Balaban J connectivity index is 1.88. The predicted molar refractivity (Wildman–Crippen MR) is 82.9 cm³/mol. The lowest BCUT2D eigenvalue weighted by molar-refractivity contribution is -0.251. The number of benzene rings is 2. The molecule has 0 aliphatic carbocycles. The Bertz CT molecular complexity index is 629. The fourth-order valence-electron chi connectivity index (χ4n) is 2.75. The normalized spacial score (nSPS) is 21.9. The van der Waals surface area contributed by atoms with Crippen molar-refractivity contribution in [3.63, 3.8) is 0 Å². The largest absolute Gasteiger partial charge is 0.342 e. The minimum atomic E-state index is -1.34. The zero-order valence-corrected chi connectivity index (χ0v) is 12.6. The third kappa shape index (κ3) is 2.63. The highest BCUT2D eigenvalue weighted by Crippen LogP contribution is 2.32. The van der Waals surface area contributed by atoms with Gasteiger partial charge in [-0.05, 0) is 5.56 Å². The number of carbonyl (C=O) groups is 1. The molecule has 2 aromatic carbocycles. The molecule has 1 unspecified atom stereocenters. The lowest BCUT2D eigenvalue weighted by atomic mass is 10.0. The second-order valence-corrected chi connectivity index (χ2v) is 5.25. The molecule has 2 aromatic rings. The van der Waals surface area contributed by atoms with Crippen LogP contribution in [-0.2, 0) is 26.6 Å². The molecule has 1 atom stereocenters. The molecule has 1 amide bonds. The van der Waals surface area contributed by atoms with Crippen LogP contribution in [0.3, 0.4) is 0 Å². The summed E-state index contributed by atoms with van der Waals surface area (Å²) in [6.07, 6.45) is 0. The van der Waals surface area contributed by atoms with E-state index in [1.807, 2.05) is 60.7 Å². The van der Waals surface area contributed by atoms with E-state index in [1.165, 1.54) is 7.11 Å². The highest BCUT2D eigenvalue weighted by molar-refractivity contribution is 5.85. The molecule has 114 valence electrons. The molecular weight excluding hydrogens is 278 g/mol. The zero-order chi connectivity index (χ0) is 15.4. The fraction of sp³-hybridized carbons (Fsp3) is 0.278. The molecule has 3 rings (SSSR count). The number of rotatable bonds is 4. The van der Waals surface area contributed by atoms with Crippen molar-refractivity contribution in [2.75, 3.05) is 20.3 Å². The van der Waals surface area contributed by atoms with Crippen molar-refractivity contribution < 1.29 is 14.3 Å². The zero-order valence-electron chi connectivity index (χ0n) is 12.6. The molecule has 0 radical (unpaired) electrons. The molecular formula is C18H19NO3. The summed E-state index contributed by atoms with van der Waals surface area (Å²) in [6.45, 7) is 1.56. The lowest BCUT2D eigenvalue weighted by Gasteiger charge is -2.40. The number of methoxy groups -OCH3 is 1. The lowest BCUT2D eigenvalue weighted by Crippen LogP contribution is -2.55. The Kier molecular flexibility index (Phi) is 4.22. The molecule has 0 saturated carbocycles. The molecule has 1 aliphatic heterocycles. The van der Waals surface area contributed by atoms with E-state index in [9.17, 15) is 4.79 Å². The topological polar surface area (TPSA) is 38.8 Å². The highest BCUT2D eigenvalue weighted by atomic mass is 16.7. The van der Waals surface area contributed by atoms with E-state index in [0.29, 0.717) is 19.7 Å². The number of ether oxygens (including phenoxy) is 2. The van der Waals surface area contributed by atoms with Gasteiger partial charge in [-0.3, -0.25) is 4.79 Å². The van der Waals surface area contributed by atoms with Crippen LogP contribution >= 0.6 is 0 Å². The van der Waals surface area contributed by atoms with E-state index < -0.39 is 5.79 Å². The molecule has 22 heavy (non-hydrogen) atoms. The highest BCUT2D eigenvalue weighted by Gasteiger charge is 2.47. The number of amides is 1. The Morgan fingerprint density at radius 3 is 2.36 bits per heavy atom. The van der Waals surface area contributed by atoms with Crippen LogP contribution in [-0.4, -0.2) is 31.1 Å². The van der Waals surface area contributed by atoms with E-state index in [2.05, 4.69) is 0 Å². The Morgan fingerprint density at radius 1 is 1.09 bits per heavy atom. The summed E-state index contributed by atoms with van der Waals surface area (Å²) in [7, 11) is 1.51.